The van der Waals surface area contributed by atoms with E-state index in [1.165, 1.54) is 5.56 Å². The van der Waals surface area contributed by atoms with Crippen molar-refractivity contribution in [2.75, 3.05) is 26.0 Å². The lowest BCUT2D eigenvalue weighted by Crippen LogP contribution is -2.26. The summed E-state index contributed by atoms with van der Waals surface area (Å²) in [6.45, 7) is 1.51. The van der Waals surface area contributed by atoms with Crippen LogP contribution in [0.25, 0.3) is 0 Å². The largest absolute Gasteiger partial charge is 0.497 e. The monoisotopic (exact) mass is 296 g/mol. The Hall–Kier alpha value is -2.49. The zero-order valence-electron chi connectivity index (χ0n) is 12.9. The van der Waals surface area contributed by atoms with Crippen molar-refractivity contribution in [2.45, 2.75) is 13.0 Å². The van der Waals surface area contributed by atoms with Gasteiger partial charge in [0.2, 0.25) is 0 Å². The van der Waals surface area contributed by atoms with E-state index >= 15 is 0 Å². The fraction of sp³-hybridized carbons (Fsp3) is 0.278. The highest BCUT2D eigenvalue weighted by Gasteiger charge is 2.16. The molecule has 1 N–H and O–H groups in total. The van der Waals surface area contributed by atoms with Crippen LogP contribution < -0.4 is 10.1 Å². The second-order valence-electron chi connectivity index (χ2n) is 5.56. The number of ether oxygens (including phenoxy) is 1. The Morgan fingerprint density at radius 2 is 2.14 bits per heavy atom. The van der Waals surface area contributed by atoms with Crippen molar-refractivity contribution < 1.29 is 9.53 Å². The molecule has 4 nitrogen and oxygen atoms in total. The molecule has 0 radical (unpaired) electrons. The number of nitrogens with zero attached hydrogens (tertiary/aromatic N) is 1. The smallest absolute Gasteiger partial charge is 0.253 e. The molecule has 2 aromatic carbocycles. The van der Waals surface area contributed by atoms with Gasteiger partial charge in [-0.05, 0) is 47.9 Å². The second kappa shape index (κ2) is 6.10. The maximum Gasteiger partial charge on any atom is 0.253 e. The van der Waals surface area contributed by atoms with Crippen molar-refractivity contribution in [3.63, 3.8) is 0 Å². The number of fused-ring (bicyclic) bond motifs is 1. The average Bonchev–Trinajstić information content (AvgIpc) is 3.01. The van der Waals surface area contributed by atoms with Crippen molar-refractivity contribution in [2.24, 2.45) is 0 Å². The van der Waals surface area contributed by atoms with Gasteiger partial charge < -0.3 is 15.0 Å². The predicted octanol–water partition coefficient (Wildman–Crippen LogP) is 2.94. The molecule has 114 valence electrons. The van der Waals surface area contributed by atoms with Gasteiger partial charge in [-0.15, -0.1) is 0 Å². The van der Waals surface area contributed by atoms with Gasteiger partial charge in [0.1, 0.15) is 5.75 Å². The molecule has 4 heteroatoms. The number of benzene rings is 2. The summed E-state index contributed by atoms with van der Waals surface area (Å²) >= 11 is 0. The van der Waals surface area contributed by atoms with E-state index in [1.54, 1.807) is 12.0 Å². The Morgan fingerprint density at radius 3 is 2.95 bits per heavy atom. The Kier molecular flexibility index (Phi) is 4.00. The molecule has 1 aliphatic heterocycles. The molecule has 1 heterocycles. The van der Waals surface area contributed by atoms with Gasteiger partial charge in [0.25, 0.3) is 5.91 Å². The lowest BCUT2D eigenvalue weighted by molar-refractivity contribution is 0.0785. The van der Waals surface area contributed by atoms with E-state index in [2.05, 4.69) is 5.32 Å². The highest BCUT2D eigenvalue weighted by atomic mass is 16.5. The van der Waals surface area contributed by atoms with Crippen LogP contribution >= 0.6 is 0 Å². The molecule has 0 spiro atoms. The maximum atomic E-state index is 12.6. The third-order valence-corrected chi connectivity index (χ3v) is 3.96. The van der Waals surface area contributed by atoms with E-state index < -0.39 is 0 Å². The lowest BCUT2D eigenvalue weighted by atomic mass is 10.1. The number of rotatable bonds is 4. The first kappa shape index (κ1) is 14.4. The average molecular weight is 296 g/mol. The number of anilines is 1. The number of hydrogen-bond acceptors (Lipinski definition) is 3. The highest BCUT2D eigenvalue weighted by molar-refractivity contribution is 5.94. The Balaban J connectivity index is 1.74. The molecule has 1 amide bonds. The van der Waals surface area contributed by atoms with Crippen molar-refractivity contribution in [3.05, 3.63) is 59.2 Å². The molecule has 0 bridgehead atoms. The number of hydrogen-bond donors (Lipinski definition) is 1. The molecule has 2 aromatic rings. The van der Waals surface area contributed by atoms with E-state index in [0.717, 1.165) is 35.5 Å². The van der Waals surface area contributed by atoms with Crippen molar-refractivity contribution in [1.29, 1.82) is 0 Å². The number of nitrogens with one attached hydrogen (secondary N) is 1. The van der Waals surface area contributed by atoms with Gasteiger partial charge in [-0.25, -0.2) is 0 Å². The van der Waals surface area contributed by atoms with Crippen LogP contribution in [0, 0.1) is 0 Å². The molecule has 0 saturated carbocycles. The SMILES string of the molecule is COc1cccc(CN(C)C(=O)c2ccc3c(c2)CCN3)c1. The van der Waals surface area contributed by atoms with E-state index in [4.69, 9.17) is 4.74 Å². The summed E-state index contributed by atoms with van der Waals surface area (Å²) in [5.74, 6) is 0.847. The van der Waals surface area contributed by atoms with Gasteiger partial charge in [-0.1, -0.05) is 12.1 Å². The molecule has 0 fully saturated rings. The summed E-state index contributed by atoms with van der Waals surface area (Å²) in [6.07, 6.45) is 0.982. The van der Waals surface area contributed by atoms with Crippen molar-refractivity contribution in [3.8, 4) is 5.75 Å². The van der Waals surface area contributed by atoms with Crippen molar-refractivity contribution in [1.82, 2.24) is 4.90 Å². The van der Waals surface area contributed by atoms with Gasteiger partial charge in [0, 0.05) is 31.4 Å². The molecular weight excluding hydrogens is 276 g/mol. The topological polar surface area (TPSA) is 41.6 Å². The third kappa shape index (κ3) is 2.91. The minimum Gasteiger partial charge on any atom is -0.497 e. The number of amides is 1. The molecule has 0 saturated heterocycles. The Labute approximate surface area is 130 Å². The van der Waals surface area contributed by atoms with Gasteiger partial charge in [-0.2, -0.15) is 0 Å². The molecule has 22 heavy (non-hydrogen) atoms. The zero-order valence-corrected chi connectivity index (χ0v) is 12.9. The van der Waals surface area contributed by atoms with Crippen LogP contribution in [0.3, 0.4) is 0 Å². The molecular formula is C18H20N2O2. The van der Waals surface area contributed by atoms with E-state index in [0.29, 0.717) is 6.54 Å². The summed E-state index contributed by atoms with van der Waals surface area (Å²) in [5, 5.41) is 3.31. The van der Waals surface area contributed by atoms with Crippen LogP contribution in [-0.4, -0.2) is 31.5 Å². The number of carbonyl (C=O) groups excluding carboxylic acids is 1. The summed E-state index contributed by atoms with van der Waals surface area (Å²) in [6, 6.07) is 13.7. The van der Waals surface area contributed by atoms with Crippen molar-refractivity contribution >= 4 is 11.6 Å². The third-order valence-electron chi connectivity index (χ3n) is 3.96. The minimum absolute atomic E-state index is 0.0394. The van der Waals surface area contributed by atoms with Crippen LogP contribution in [-0.2, 0) is 13.0 Å². The first-order valence-corrected chi connectivity index (χ1v) is 7.42. The predicted molar refractivity (Wildman–Crippen MR) is 87.4 cm³/mol. The van der Waals surface area contributed by atoms with Gasteiger partial charge in [0.15, 0.2) is 0 Å². The van der Waals surface area contributed by atoms with E-state index in [-0.39, 0.29) is 5.91 Å². The fourth-order valence-corrected chi connectivity index (χ4v) is 2.77. The molecule has 0 aromatic heterocycles. The quantitative estimate of drug-likeness (QED) is 0.943. The van der Waals surface area contributed by atoms with Crippen LogP contribution in [0.15, 0.2) is 42.5 Å². The second-order valence-corrected chi connectivity index (χ2v) is 5.56. The summed E-state index contributed by atoms with van der Waals surface area (Å²) < 4.78 is 5.22. The summed E-state index contributed by atoms with van der Waals surface area (Å²) in [4.78, 5) is 14.3. The van der Waals surface area contributed by atoms with Crippen LogP contribution in [0.4, 0.5) is 5.69 Å². The zero-order chi connectivity index (χ0) is 15.5. The van der Waals surface area contributed by atoms with Gasteiger partial charge >= 0.3 is 0 Å². The van der Waals surface area contributed by atoms with Gasteiger partial charge in [-0.3, -0.25) is 4.79 Å². The maximum absolute atomic E-state index is 12.6. The Bertz CT molecular complexity index is 697. The number of methoxy groups -OCH3 is 1. The fourth-order valence-electron chi connectivity index (χ4n) is 2.77. The van der Waals surface area contributed by atoms with Crippen LogP contribution in [0.1, 0.15) is 21.5 Å². The Morgan fingerprint density at radius 1 is 1.27 bits per heavy atom. The molecule has 3 rings (SSSR count). The highest BCUT2D eigenvalue weighted by Crippen LogP contribution is 2.24. The standard InChI is InChI=1S/C18H20N2O2/c1-20(12-13-4-3-5-16(10-13)22-2)18(21)15-6-7-17-14(11-15)8-9-19-17/h3-7,10-11,19H,8-9,12H2,1-2H3. The summed E-state index contributed by atoms with van der Waals surface area (Å²) in [5.41, 5.74) is 4.17. The van der Waals surface area contributed by atoms with E-state index in [9.17, 15) is 4.79 Å². The molecule has 0 unspecified atom stereocenters. The van der Waals surface area contributed by atoms with E-state index in [1.807, 2.05) is 49.5 Å². The lowest BCUT2D eigenvalue weighted by Gasteiger charge is -2.18. The molecule has 0 atom stereocenters. The molecule has 1 aliphatic rings. The first-order valence-electron chi connectivity index (χ1n) is 7.42. The normalized spacial score (nSPS) is 12.5. The van der Waals surface area contributed by atoms with Crippen LogP contribution in [0.2, 0.25) is 0 Å². The molecule has 0 aliphatic carbocycles. The minimum atomic E-state index is 0.0394. The number of carbonyl (C=O) groups is 1. The first-order chi connectivity index (χ1) is 10.7. The summed E-state index contributed by atoms with van der Waals surface area (Å²) in [7, 11) is 3.47. The van der Waals surface area contributed by atoms with Crippen LogP contribution in [0.5, 0.6) is 5.75 Å². The van der Waals surface area contributed by atoms with Gasteiger partial charge in [0.05, 0.1) is 7.11 Å².